The molecule has 2 aromatic rings. The van der Waals surface area contributed by atoms with E-state index < -0.39 is 0 Å². The van der Waals surface area contributed by atoms with E-state index in [0.717, 1.165) is 21.5 Å². The summed E-state index contributed by atoms with van der Waals surface area (Å²) in [5, 5.41) is 12.3. The van der Waals surface area contributed by atoms with Gasteiger partial charge < -0.3 is 5.32 Å². The fraction of sp³-hybridized carbons (Fsp3) is 0.333. The van der Waals surface area contributed by atoms with E-state index in [4.69, 9.17) is 11.6 Å². The molecule has 96 valence electrons. The number of aromatic nitrogens is 3. The molecule has 4 nitrogen and oxygen atoms in total. The van der Waals surface area contributed by atoms with E-state index in [1.807, 2.05) is 36.9 Å². The standard InChI is InChI=1S/C12H14BrClN4/c1-7(15-3)12-8(2)18(17-16-12)11-5-4-9(14)6-10(11)13/h4-7,15H,1-3H3. The first-order valence-corrected chi connectivity index (χ1v) is 6.76. The van der Waals surface area contributed by atoms with E-state index in [2.05, 4.69) is 38.5 Å². The first-order valence-electron chi connectivity index (χ1n) is 5.59. The van der Waals surface area contributed by atoms with Crippen LogP contribution >= 0.6 is 27.5 Å². The Morgan fingerprint density at radius 1 is 1.44 bits per heavy atom. The SMILES string of the molecule is CNC(C)c1nnn(-c2ccc(Cl)cc2Br)c1C. The van der Waals surface area contributed by atoms with Crippen LogP contribution in [0.1, 0.15) is 24.4 Å². The van der Waals surface area contributed by atoms with Crippen molar-refractivity contribution in [2.75, 3.05) is 7.05 Å². The van der Waals surface area contributed by atoms with Crippen LogP contribution in [0.25, 0.3) is 5.69 Å². The minimum absolute atomic E-state index is 0.171. The fourth-order valence-corrected chi connectivity index (χ4v) is 2.61. The Hall–Kier alpha value is -0.910. The molecule has 1 aromatic heterocycles. The van der Waals surface area contributed by atoms with Gasteiger partial charge in [-0.3, -0.25) is 0 Å². The van der Waals surface area contributed by atoms with E-state index in [9.17, 15) is 0 Å². The van der Waals surface area contributed by atoms with Crippen molar-refractivity contribution >= 4 is 27.5 Å². The summed E-state index contributed by atoms with van der Waals surface area (Å²) < 4.78 is 2.70. The highest BCUT2D eigenvalue weighted by Gasteiger charge is 2.16. The van der Waals surface area contributed by atoms with Gasteiger partial charge in [-0.15, -0.1) is 5.10 Å². The molecule has 1 aromatic carbocycles. The van der Waals surface area contributed by atoms with Gasteiger partial charge in [-0.1, -0.05) is 16.8 Å². The first-order chi connectivity index (χ1) is 8.54. The van der Waals surface area contributed by atoms with Gasteiger partial charge in [0.15, 0.2) is 0 Å². The molecule has 1 N–H and O–H groups in total. The summed E-state index contributed by atoms with van der Waals surface area (Å²) in [6.07, 6.45) is 0. The van der Waals surface area contributed by atoms with E-state index in [0.29, 0.717) is 5.02 Å². The highest BCUT2D eigenvalue weighted by molar-refractivity contribution is 9.10. The molecule has 0 spiro atoms. The molecule has 0 radical (unpaired) electrons. The van der Waals surface area contributed by atoms with Crippen molar-refractivity contribution in [3.05, 3.63) is 39.1 Å². The molecule has 0 amide bonds. The second kappa shape index (κ2) is 5.38. The van der Waals surface area contributed by atoms with Crippen molar-refractivity contribution in [2.45, 2.75) is 19.9 Å². The predicted molar refractivity (Wildman–Crippen MR) is 76.3 cm³/mol. The molecule has 6 heteroatoms. The van der Waals surface area contributed by atoms with Gasteiger partial charge in [-0.2, -0.15) is 0 Å². The average Bonchev–Trinajstić information content (AvgIpc) is 2.70. The second-order valence-corrected chi connectivity index (χ2v) is 5.37. The van der Waals surface area contributed by atoms with Crippen molar-refractivity contribution in [2.24, 2.45) is 0 Å². The zero-order chi connectivity index (χ0) is 13.3. The van der Waals surface area contributed by atoms with Crippen LogP contribution in [-0.4, -0.2) is 22.0 Å². The molecule has 1 unspecified atom stereocenters. The lowest BCUT2D eigenvalue weighted by atomic mass is 10.2. The van der Waals surface area contributed by atoms with Crippen LogP contribution in [0.15, 0.2) is 22.7 Å². The van der Waals surface area contributed by atoms with Gasteiger partial charge >= 0.3 is 0 Å². The lowest BCUT2D eigenvalue weighted by Gasteiger charge is -2.09. The Morgan fingerprint density at radius 2 is 2.17 bits per heavy atom. The first kappa shape index (κ1) is 13.5. The largest absolute Gasteiger partial charge is 0.312 e. The maximum Gasteiger partial charge on any atom is 0.103 e. The normalized spacial score (nSPS) is 12.7. The number of hydrogen-bond donors (Lipinski definition) is 1. The molecule has 0 saturated carbocycles. The lowest BCUT2D eigenvalue weighted by molar-refractivity contribution is 0.627. The third kappa shape index (κ3) is 2.43. The van der Waals surface area contributed by atoms with Crippen LogP contribution in [-0.2, 0) is 0 Å². The summed E-state index contributed by atoms with van der Waals surface area (Å²) >= 11 is 9.43. The van der Waals surface area contributed by atoms with E-state index in [-0.39, 0.29) is 6.04 Å². The number of nitrogens with one attached hydrogen (secondary N) is 1. The number of nitrogens with zero attached hydrogens (tertiary/aromatic N) is 3. The van der Waals surface area contributed by atoms with E-state index in [1.54, 1.807) is 0 Å². The molecule has 0 aliphatic rings. The summed E-state index contributed by atoms with van der Waals surface area (Å²) in [5.74, 6) is 0. The highest BCUT2D eigenvalue weighted by Crippen LogP contribution is 2.26. The Morgan fingerprint density at radius 3 is 2.78 bits per heavy atom. The second-order valence-electron chi connectivity index (χ2n) is 4.08. The van der Waals surface area contributed by atoms with Crippen LogP contribution in [0.3, 0.4) is 0 Å². The van der Waals surface area contributed by atoms with Crippen LogP contribution in [0.5, 0.6) is 0 Å². The van der Waals surface area contributed by atoms with Gasteiger partial charge in [-0.25, -0.2) is 4.68 Å². The van der Waals surface area contributed by atoms with Gasteiger partial charge in [-0.05, 0) is 55.0 Å². The maximum atomic E-state index is 5.94. The number of benzene rings is 1. The Kier molecular flexibility index (Phi) is 4.04. The van der Waals surface area contributed by atoms with Crippen LogP contribution < -0.4 is 5.32 Å². The predicted octanol–water partition coefficient (Wildman–Crippen LogP) is 3.27. The van der Waals surface area contributed by atoms with E-state index in [1.165, 1.54) is 0 Å². The zero-order valence-electron chi connectivity index (χ0n) is 10.4. The summed E-state index contributed by atoms with van der Waals surface area (Å²) in [5.41, 5.74) is 2.89. The zero-order valence-corrected chi connectivity index (χ0v) is 12.7. The highest BCUT2D eigenvalue weighted by atomic mass is 79.9. The minimum Gasteiger partial charge on any atom is -0.312 e. The topological polar surface area (TPSA) is 42.7 Å². The molecule has 0 fully saturated rings. The van der Waals surface area contributed by atoms with Crippen molar-refractivity contribution < 1.29 is 0 Å². The fourth-order valence-electron chi connectivity index (χ4n) is 1.76. The molecule has 0 aliphatic heterocycles. The van der Waals surface area contributed by atoms with Gasteiger partial charge in [0.2, 0.25) is 0 Å². The van der Waals surface area contributed by atoms with Gasteiger partial charge in [0, 0.05) is 9.50 Å². The van der Waals surface area contributed by atoms with Crippen molar-refractivity contribution in [3.8, 4) is 5.69 Å². The Bertz CT molecular complexity index is 567. The monoisotopic (exact) mass is 328 g/mol. The van der Waals surface area contributed by atoms with Gasteiger partial charge in [0.25, 0.3) is 0 Å². The van der Waals surface area contributed by atoms with Crippen molar-refractivity contribution in [1.82, 2.24) is 20.3 Å². The molecule has 0 saturated heterocycles. The summed E-state index contributed by atoms with van der Waals surface area (Å²) in [6.45, 7) is 4.06. The number of rotatable bonds is 3. The number of halogens is 2. The average molecular weight is 330 g/mol. The molecule has 1 atom stereocenters. The van der Waals surface area contributed by atoms with Crippen molar-refractivity contribution in [1.29, 1.82) is 0 Å². The molecular formula is C12H14BrClN4. The molecule has 0 aliphatic carbocycles. The Balaban J connectivity index is 2.49. The molecular weight excluding hydrogens is 316 g/mol. The smallest absolute Gasteiger partial charge is 0.103 e. The maximum absolute atomic E-state index is 5.94. The van der Waals surface area contributed by atoms with Gasteiger partial charge in [0.05, 0.1) is 17.4 Å². The van der Waals surface area contributed by atoms with Crippen LogP contribution in [0.4, 0.5) is 0 Å². The quantitative estimate of drug-likeness (QED) is 0.940. The third-order valence-corrected chi connectivity index (χ3v) is 3.78. The van der Waals surface area contributed by atoms with Gasteiger partial charge in [0.1, 0.15) is 5.69 Å². The Labute approximate surface area is 119 Å². The summed E-state index contributed by atoms with van der Waals surface area (Å²) in [7, 11) is 1.90. The number of hydrogen-bond acceptors (Lipinski definition) is 3. The molecule has 2 rings (SSSR count). The molecule has 18 heavy (non-hydrogen) atoms. The lowest BCUT2D eigenvalue weighted by Crippen LogP contribution is -2.14. The van der Waals surface area contributed by atoms with Crippen LogP contribution in [0, 0.1) is 6.92 Å². The third-order valence-electron chi connectivity index (χ3n) is 2.91. The summed E-state index contributed by atoms with van der Waals surface area (Å²) in [6, 6.07) is 5.77. The van der Waals surface area contributed by atoms with Crippen LogP contribution in [0.2, 0.25) is 5.02 Å². The minimum atomic E-state index is 0.171. The van der Waals surface area contributed by atoms with E-state index >= 15 is 0 Å². The van der Waals surface area contributed by atoms with Crippen molar-refractivity contribution in [3.63, 3.8) is 0 Å². The molecule has 0 bridgehead atoms. The summed E-state index contributed by atoms with van der Waals surface area (Å²) in [4.78, 5) is 0. The molecule has 1 heterocycles.